The summed E-state index contributed by atoms with van der Waals surface area (Å²) >= 11 is 6.02. The number of pyridine rings is 1. The van der Waals surface area contributed by atoms with E-state index in [4.69, 9.17) is 16.3 Å². The third-order valence-corrected chi connectivity index (χ3v) is 2.54. The second kappa shape index (κ2) is 4.99. The van der Waals surface area contributed by atoms with Crippen LogP contribution in [0.4, 0.5) is 0 Å². The van der Waals surface area contributed by atoms with Crippen molar-refractivity contribution in [3.63, 3.8) is 0 Å². The summed E-state index contributed by atoms with van der Waals surface area (Å²) in [5.74, 6) is 0.867. The first-order valence-electron chi connectivity index (χ1n) is 5.15. The second-order valence-electron chi connectivity index (χ2n) is 3.30. The van der Waals surface area contributed by atoms with Crippen LogP contribution in [-0.2, 0) is 0 Å². The summed E-state index contributed by atoms with van der Waals surface area (Å²) in [6, 6.07) is 11.6. The second-order valence-corrected chi connectivity index (χ2v) is 3.66. The fourth-order valence-corrected chi connectivity index (χ4v) is 1.73. The highest BCUT2D eigenvalue weighted by Gasteiger charge is 2.03. The lowest BCUT2D eigenvalue weighted by atomic mass is 10.1. The molecule has 1 aromatic carbocycles. The van der Waals surface area contributed by atoms with E-state index < -0.39 is 0 Å². The minimum Gasteiger partial charge on any atom is -0.494 e. The molecule has 0 atom stereocenters. The van der Waals surface area contributed by atoms with Gasteiger partial charge in [0.05, 0.1) is 6.61 Å². The average Bonchev–Trinajstić information content (AvgIpc) is 2.31. The molecule has 0 N–H and O–H groups in total. The minimum atomic E-state index is 0.520. The highest BCUT2D eigenvalue weighted by molar-refractivity contribution is 6.32. The first-order chi connectivity index (χ1) is 7.81. The van der Waals surface area contributed by atoms with Crippen molar-refractivity contribution in [3.05, 3.63) is 47.7 Å². The van der Waals surface area contributed by atoms with E-state index in [0.717, 1.165) is 16.9 Å². The Morgan fingerprint density at radius 3 is 2.56 bits per heavy atom. The molecule has 2 aromatic rings. The van der Waals surface area contributed by atoms with Gasteiger partial charge < -0.3 is 4.74 Å². The molecule has 0 amide bonds. The first-order valence-corrected chi connectivity index (χ1v) is 5.53. The van der Waals surface area contributed by atoms with E-state index >= 15 is 0 Å². The van der Waals surface area contributed by atoms with Gasteiger partial charge in [-0.1, -0.05) is 23.7 Å². The zero-order valence-corrected chi connectivity index (χ0v) is 9.74. The van der Waals surface area contributed by atoms with Gasteiger partial charge in [0.2, 0.25) is 0 Å². The van der Waals surface area contributed by atoms with Crippen molar-refractivity contribution in [1.82, 2.24) is 4.98 Å². The van der Waals surface area contributed by atoms with E-state index in [0.29, 0.717) is 11.8 Å². The summed E-state index contributed by atoms with van der Waals surface area (Å²) in [4.78, 5) is 4.05. The molecule has 0 saturated carbocycles. The third-order valence-electron chi connectivity index (χ3n) is 2.24. The predicted octanol–water partition coefficient (Wildman–Crippen LogP) is 3.80. The molecule has 3 heteroatoms. The molecule has 2 nitrogen and oxygen atoms in total. The predicted molar refractivity (Wildman–Crippen MR) is 65.9 cm³/mol. The molecule has 0 saturated heterocycles. The van der Waals surface area contributed by atoms with Gasteiger partial charge in [0.15, 0.2) is 0 Å². The fourth-order valence-electron chi connectivity index (χ4n) is 1.50. The molecule has 0 aliphatic heterocycles. The number of rotatable bonds is 3. The van der Waals surface area contributed by atoms with Crippen molar-refractivity contribution in [2.24, 2.45) is 0 Å². The number of hydrogen-bond acceptors (Lipinski definition) is 2. The molecule has 0 fully saturated rings. The third kappa shape index (κ3) is 2.34. The molecular weight excluding hydrogens is 222 g/mol. The first kappa shape index (κ1) is 11.0. The van der Waals surface area contributed by atoms with Crippen molar-refractivity contribution in [1.29, 1.82) is 0 Å². The number of halogens is 1. The zero-order chi connectivity index (χ0) is 11.4. The van der Waals surface area contributed by atoms with Gasteiger partial charge in [0.1, 0.15) is 10.9 Å². The molecule has 16 heavy (non-hydrogen) atoms. The van der Waals surface area contributed by atoms with Gasteiger partial charge in [0.25, 0.3) is 0 Å². The van der Waals surface area contributed by atoms with Crippen LogP contribution in [0.25, 0.3) is 11.1 Å². The van der Waals surface area contributed by atoms with Gasteiger partial charge in [-0.25, -0.2) is 4.98 Å². The Morgan fingerprint density at radius 1 is 1.19 bits per heavy atom. The Kier molecular flexibility index (Phi) is 3.42. The number of hydrogen-bond donors (Lipinski definition) is 0. The number of aromatic nitrogens is 1. The normalized spacial score (nSPS) is 10.1. The van der Waals surface area contributed by atoms with Gasteiger partial charge in [-0.15, -0.1) is 0 Å². The molecule has 1 aromatic heterocycles. The molecule has 2 rings (SSSR count). The van der Waals surface area contributed by atoms with Crippen LogP contribution in [0.2, 0.25) is 5.15 Å². The van der Waals surface area contributed by atoms with Crippen molar-refractivity contribution in [2.75, 3.05) is 6.61 Å². The van der Waals surface area contributed by atoms with Crippen molar-refractivity contribution in [2.45, 2.75) is 6.92 Å². The molecule has 0 aliphatic rings. The number of ether oxygens (including phenoxy) is 1. The molecule has 82 valence electrons. The molecule has 0 unspecified atom stereocenters. The average molecular weight is 234 g/mol. The summed E-state index contributed by atoms with van der Waals surface area (Å²) in [6.45, 7) is 2.64. The van der Waals surface area contributed by atoms with Crippen LogP contribution in [0.3, 0.4) is 0 Å². The van der Waals surface area contributed by atoms with Crippen LogP contribution in [0, 0.1) is 0 Å². The molecule has 0 aliphatic carbocycles. The lowest BCUT2D eigenvalue weighted by molar-refractivity contribution is 0.340. The van der Waals surface area contributed by atoms with E-state index in [-0.39, 0.29) is 0 Å². The Morgan fingerprint density at radius 2 is 1.94 bits per heavy atom. The largest absolute Gasteiger partial charge is 0.494 e. The molecular formula is C13H12ClNO. The van der Waals surface area contributed by atoms with E-state index in [2.05, 4.69) is 4.98 Å². The fraction of sp³-hybridized carbons (Fsp3) is 0.154. The maximum Gasteiger partial charge on any atom is 0.136 e. The Balaban J connectivity index is 2.31. The Bertz CT molecular complexity index is 468. The zero-order valence-electron chi connectivity index (χ0n) is 8.98. The highest BCUT2D eigenvalue weighted by Crippen LogP contribution is 2.27. The number of benzene rings is 1. The van der Waals surface area contributed by atoms with Crippen LogP contribution < -0.4 is 4.74 Å². The molecule has 0 bridgehead atoms. The Hall–Kier alpha value is -1.54. The standard InChI is InChI=1S/C13H12ClNO/c1-2-16-11-7-5-10(6-8-11)12-4-3-9-15-13(12)14/h3-9H,2H2,1H3. The topological polar surface area (TPSA) is 22.1 Å². The molecule has 0 spiro atoms. The summed E-state index contributed by atoms with van der Waals surface area (Å²) in [5.41, 5.74) is 1.98. The highest BCUT2D eigenvalue weighted by atomic mass is 35.5. The van der Waals surface area contributed by atoms with Crippen molar-refractivity contribution < 1.29 is 4.74 Å². The maximum atomic E-state index is 6.02. The smallest absolute Gasteiger partial charge is 0.136 e. The lowest BCUT2D eigenvalue weighted by Gasteiger charge is -2.05. The van der Waals surface area contributed by atoms with Gasteiger partial charge in [-0.05, 0) is 36.8 Å². The quantitative estimate of drug-likeness (QED) is 0.753. The monoisotopic (exact) mass is 233 g/mol. The van der Waals surface area contributed by atoms with Crippen LogP contribution in [0.5, 0.6) is 5.75 Å². The van der Waals surface area contributed by atoms with Gasteiger partial charge in [0, 0.05) is 11.8 Å². The molecule has 1 heterocycles. The summed E-state index contributed by atoms with van der Waals surface area (Å²) in [7, 11) is 0. The maximum absolute atomic E-state index is 6.02. The minimum absolute atomic E-state index is 0.520. The van der Waals surface area contributed by atoms with Gasteiger partial charge in [-0.2, -0.15) is 0 Å². The van der Waals surface area contributed by atoms with Crippen LogP contribution in [-0.4, -0.2) is 11.6 Å². The summed E-state index contributed by atoms with van der Waals surface area (Å²) < 4.78 is 5.38. The van der Waals surface area contributed by atoms with Crippen LogP contribution in [0.1, 0.15) is 6.92 Å². The molecule has 0 radical (unpaired) electrons. The Labute approximate surface area is 99.9 Å². The van der Waals surface area contributed by atoms with E-state index in [1.165, 1.54) is 0 Å². The van der Waals surface area contributed by atoms with E-state index in [1.54, 1.807) is 6.20 Å². The van der Waals surface area contributed by atoms with Crippen molar-refractivity contribution >= 4 is 11.6 Å². The number of nitrogens with zero attached hydrogens (tertiary/aromatic N) is 1. The van der Waals surface area contributed by atoms with Crippen LogP contribution >= 0.6 is 11.6 Å². The summed E-state index contributed by atoms with van der Waals surface area (Å²) in [6.07, 6.45) is 1.68. The SMILES string of the molecule is CCOc1ccc(-c2cccnc2Cl)cc1. The van der Waals surface area contributed by atoms with Gasteiger partial charge in [-0.3, -0.25) is 0 Å². The van der Waals surface area contributed by atoms with Crippen LogP contribution in [0.15, 0.2) is 42.6 Å². The lowest BCUT2D eigenvalue weighted by Crippen LogP contribution is -1.90. The van der Waals surface area contributed by atoms with Crippen molar-refractivity contribution in [3.8, 4) is 16.9 Å². The van der Waals surface area contributed by atoms with E-state index in [9.17, 15) is 0 Å². The van der Waals surface area contributed by atoms with E-state index in [1.807, 2.05) is 43.3 Å². The van der Waals surface area contributed by atoms with Gasteiger partial charge >= 0.3 is 0 Å². The summed E-state index contributed by atoms with van der Waals surface area (Å²) in [5, 5.41) is 0.520.